The van der Waals surface area contributed by atoms with E-state index in [-0.39, 0.29) is 24.0 Å². The summed E-state index contributed by atoms with van der Waals surface area (Å²) in [7, 11) is 0. The van der Waals surface area contributed by atoms with E-state index in [1.165, 1.54) is 48.7 Å². The predicted octanol–water partition coefficient (Wildman–Crippen LogP) is 11.5. The molecule has 3 heterocycles. The maximum absolute atomic E-state index is 5.45. The normalized spacial score (nSPS) is 25.0. The highest BCUT2D eigenvalue weighted by atomic mass is 32.1. The minimum Gasteiger partial charge on any atom is -0.383 e. The lowest BCUT2D eigenvalue weighted by Gasteiger charge is -2.34. The lowest BCUT2D eigenvalue weighted by Crippen LogP contribution is -2.41. The van der Waals surface area contributed by atoms with Gasteiger partial charge in [-0.2, -0.15) is 0 Å². The fourth-order valence-electron chi connectivity index (χ4n) is 8.50. The summed E-state index contributed by atoms with van der Waals surface area (Å²) in [4.78, 5) is 13.5. The van der Waals surface area contributed by atoms with Crippen LogP contribution in [0.1, 0.15) is 68.7 Å². The largest absolute Gasteiger partial charge is 0.383 e. The van der Waals surface area contributed by atoms with E-state index < -0.39 is 0 Å². The molecular weight excluding hydrogens is 701 g/mol. The van der Waals surface area contributed by atoms with Gasteiger partial charge in [-0.15, -0.1) is 11.3 Å². The van der Waals surface area contributed by atoms with Crippen LogP contribution in [-0.4, -0.2) is 23.9 Å². The van der Waals surface area contributed by atoms with Gasteiger partial charge in [0, 0.05) is 39.3 Å². The molecule has 0 amide bonds. The maximum Gasteiger partial charge on any atom is 0.150 e. The Balaban J connectivity index is 1.12. The smallest absolute Gasteiger partial charge is 0.150 e. The number of benzene rings is 2. The molecule has 0 saturated heterocycles. The van der Waals surface area contributed by atoms with Crippen molar-refractivity contribution in [3.05, 3.63) is 219 Å². The lowest BCUT2D eigenvalue weighted by atomic mass is 9.78. The number of hydrogen-bond donors (Lipinski definition) is 2. The lowest BCUT2D eigenvalue weighted by molar-refractivity contribution is 0.514. The number of amidine groups is 2. The van der Waals surface area contributed by atoms with E-state index in [4.69, 9.17) is 9.98 Å². The van der Waals surface area contributed by atoms with Crippen molar-refractivity contribution in [1.82, 2.24) is 10.6 Å². The van der Waals surface area contributed by atoms with Crippen molar-refractivity contribution >= 4 is 40.7 Å². The zero-order valence-electron chi connectivity index (χ0n) is 31.5. The summed E-state index contributed by atoms with van der Waals surface area (Å²) in [5.41, 5.74) is 11.2. The number of dihydropyridines is 1. The second kappa shape index (κ2) is 16.0. The molecule has 2 aromatic carbocycles. The number of hydrogen-bond acceptors (Lipinski definition) is 5. The van der Waals surface area contributed by atoms with Gasteiger partial charge in [-0.3, -0.25) is 0 Å². The Kier molecular flexibility index (Phi) is 10.2. The van der Waals surface area contributed by atoms with Crippen LogP contribution in [0.3, 0.4) is 0 Å². The highest BCUT2D eigenvalue weighted by Gasteiger charge is 2.37. The molecule has 1 aromatic heterocycles. The van der Waals surface area contributed by atoms with E-state index in [1.54, 1.807) is 0 Å². The molecular formula is C51H46N4S. The quantitative estimate of drug-likeness (QED) is 0.203. The molecule has 5 heteroatoms. The number of aliphatic imine (C=N–C) groups is 2. The summed E-state index contributed by atoms with van der Waals surface area (Å²) in [6, 6.07) is 19.8. The Morgan fingerprint density at radius 1 is 0.804 bits per heavy atom. The molecule has 0 spiro atoms. The van der Waals surface area contributed by atoms with Crippen LogP contribution in [0.2, 0.25) is 0 Å². The van der Waals surface area contributed by atoms with Gasteiger partial charge in [0.15, 0.2) is 6.17 Å². The topological polar surface area (TPSA) is 48.8 Å². The van der Waals surface area contributed by atoms with Gasteiger partial charge in [-0.25, -0.2) is 9.98 Å². The average Bonchev–Trinajstić information content (AvgIpc) is 3.94. The zero-order valence-corrected chi connectivity index (χ0v) is 32.3. The van der Waals surface area contributed by atoms with Crippen molar-refractivity contribution in [1.29, 1.82) is 0 Å². The van der Waals surface area contributed by atoms with E-state index in [0.717, 1.165) is 48.5 Å². The number of allylic oxidation sites excluding steroid dienone is 16. The van der Waals surface area contributed by atoms with E-state index in [9.17, 15) is 0 Å². The molecule has 5 atom stereocenters. The summed E-state index contributed by atoms with van der Waals surface area (Å²) in [5.74, 6) is 2.51. The molecule has 4 unspecified atom stereocenters. The zero-order chi connectivity index (χ0) is 37.8. The molecule has 3 aromatic rings. The first kappa shape index (κ1) is 35.6. The molecule has 2 N–H and O–H groups in total. The Morgan fingerprint density at radius 3 is 2.38 bits per heavy atom. The molecule has 0 saturated carbocycles. The van der Waals surface area contributed by atoms with E-state index in [2.05, 4.69) is 164 Å². The first-order valence-electron chi connectivity index (χ1n) is 19.7. The highest BCUT2D eigenvalue weighted by molar-refractivity contribution is 7.13. The summed E-state index contributed by atoms with van der Waals surface area (Å²) in [6.07, 6.45) is 42.6. The Labute approximate surface area is 335 Å². The predicted molar refractivity (Wildman–Crippen MR) is 239 cm³/mol. The van der Waals surface area contributed by atoms with Gasteiger partial charge in [0.2, 0.25) is 0 Å². The van der Waals surface area contributed by atoms with E-state index >= 15 is 0 Å². The van der Waals surface area contributed by atoms with Gasteiger partial charge in [0.05, 0.1) is 6.04 Å². The SMILES string of the molecule is C=C/C=C\C1=CN[C@@H](C2CC(C3=NC(C4C=CC=CC4)N=C(c4ccc(C5=CCC=C5)cc4)N3)=Cc3c2sc2c3CC(c3ccccc3)C=C2)C=C1/C=C\C=C. The highest BCUT2D eigenvalue weighted by Crippen LogP contribution is 2.48. The van der Waals surface area contributed by atoms with Crippen LogP contribution in [0.4, 0.5) is 0 Å². The van der Waals surface area contributed by atoms with Crippen LogP contribution in [-0.2, 0) is 6.42 Å². The first-order valence-corrected chi connectivity index (χ1v) is 20.6. The molecule has 4 aliphatic carbocycles. The first-order chi connectivity index (χ1) is 27.6. The van der Waals surface area contributed by atoms with Crippen LogP contribution in [0.15, 0.2) is 192 Å². The maximum atomic E-state index is 5.45. The molecule has 0 bridgehead atoms. The van der Waals surface area contributed by atoms with Crippen molar-refractivity contribution in [2.45, 2.75) is 49.7 Å². The number of nitrogens with one attached hydrogen (secondary N) is 2. The number of nitrogens with zero attached hydrogens (tertiary/aromatic N) is 2. The third-order valence-corrected chi connectivity index (χ3v) is 12.8. The second-order valence-corrected chi connectivity index (χ2v) is 16.1. The minimum atomic E-state index is -0.226. The van der Waals surface area contributed by atoms with Gasteiger partial charge < -0.3 is 10.6 Å². The molecule has 0 radical (unpaired) electrons. The van der Waals surface area contributed by atoms with Crippen molar-refractivity contribution in [3.63, 3.8) is 0 Å². The standard InChI is InChI=1S/C51H46N4S/c1-3-5-15-39-32-46(52-33-41(39)16-6-4-2)45-31-42(30-44-43-29-40(35-17-9-7-10-18-35)27-28-47(43)56-48(44)45)51-54-49(37-21-11-8-12-22-37)53-50(55-51)38-25-23-36(24-26-38)34-19-13-14-20-34/h3-13,15-21,23-28,30,32-33,37,40,45-46,49,52H,1-2,14,22,29,31H2,(H,53,54,55)/b15-5-,16-6-/t37?,40?,45?,46-,49?/m1/s1. The van der Waals surface area contributed by atoms with Gasteiger partial charge in [-0.05, 0) is 82.4 Å². The molecule has 9 rings (SSSR count). The number of rotatable bonds is 10. The monoisotopic (exact) mass is 746 g/mol. The van der Waals surface area contributed by atoms with Crippen LogP contribution < -0.4 is 10.6 Å². The molecule has 4 nitrogen and oxygen atoms in total. The molecule has 0 fully saturated rings. The molecule has 56 heavy (non-hydrogen) atoms. The summed E-state index contributed by atoms with van der Waals surface area (Å²) < 4.78 is 0. The number of fused-ring (bicyclic) bond motifs is 3. The van der Waals surface area contributed by atoms with Crippen LogP contribution in [0.25, 0.3) is 17.7 Å². The third-order valence-electron chi connectivity index (χ3n) is 11.4. The Bertz CT molecular complexity index is 2410. The van der Waals surface area contributed by atoms with Crippen molar-refractivity contribution in [3.8, 4) is 0 Å². The Morgan fingerprint density at radius 2 is 1.61 bits per heavy atom. The van der Waals surface area contributed by atoms with Gasteiger partial charge >= 0.3 is 0 Å². The third kappa shape index (κ3) is 7.23. The second-order valence-electron chi connectivity index (χ2n) is 15.0. The number of thiophene rings is 1. The van der Waals surface area contributed by atoms with Crippen LogP contribution in [0, 0.1) is 5.92 Å². The summed E-state index contributed by atoms with van der Waals surface area (Å²) in [5, 5.41) is 7.61. The average molecular weight is 747 g/mol. The van der Waals surface area contributed by atoms with Crippen LogP contribution >= 0.6 is 11.3 Å². The summed E-state index contributed by atoms with van der Waals surface area (Å²) in [6.45, 7) is 7.85. The van der Waals surface area contributed by atoms with Crippen molar-refractivity contribution < 1.29 is 0 Å². The summed E-state index contributed by atoms with van der Waals surface area (Å²) >= 11 is 1.96. The Hall–Kier alpha value is -6.04. The van der Waals surface area contributed by atoms with Gasteiger partial charge in [0.1, 0.15) is 11.7 Å². The van der Waals surface area contributed by atoms with Crippen molar-refractivity contribution in [2.75, 3.05) is 0 Å². The molecule has 6 aliphatic rings. The van der Waals surface area contributed by atoms with Crippen LogP contribution in [0.5, 0.6) is 0 Å². The van der Waals surface area contributed by atoms with E-state index in [1.807, 2.05) is 35.6 Å². The fraction of sp³-hybridized carbons (Fsp3) is 0.176. The molecule has 2 aliphatic heterocycles. The van der Waals surface area contributed by atoms with Crippen molar-refractivity contribution in [2.24, 2.45) is 15.9 Å². The van der Waals surface area contributed by atoms with Gasteiger partial charge in [0.25, 0.3) is 0 Å². The fourth-order valence-corrected chi connectivity index (χ4v) is 9.87. The van der Waals surface area contributed by atoms with E-state index in [0.29, 0.717) is 5.92 Å². The minimum absolute atomic E-state index is 0.0721. The van der Waals surface area contributed by atoms with Gasteiger partial charge in [-0.1, -0.05) is 159 Å². The molecule has 276 valence electrons.